The van der Waals surface area contributed by atoms with Crippen LogP contribution in [0.2, 0.25) is 0 Å². The Kier molecular flexibility index (Phi) is 7.29. The Hall–Kier alpha value is -0.540. The molecule has 17 heavy (non-hydrogen) atoms. The standard InChI is InChI=1S/C14H22BrNO/c1-3-9-16-10-5-4-6-12-11-13(17-2)7-8-14(12)15/h7-8,11,16H,3-6,9-10H2,1-2H3. The highest BCUT2D eigenvalue weighted by molar-refractivity contribution is 9.10. The van der Waals surface area contributed by atoms with E-state index < -0.39 is 0 Å². The molecule has 0 spiro atoms. The van der Waals surface area contributed by atoms with Crippen molar-refractivity contribution in [3.8, 4) is 5.75 Å². The van der Waals surface area contributed by atoms with Crippen LogP contribution >= 0.6 is 15.9 Å². The maximum atomic E-state index is 5.24. The quantitative estimate of drug-likeness (QED) is 0.738. The van der Waals surface area contributed by atoms with Crippen molar-refractivity contribution in [1.29, 1.82) is 0 Å². The highest BCUT2D eigenvalue weighted by Crippen LogP contribution is 2.23. The fourth-order valence-corrected chi connectivity index (χ4v) is 2.18. The third kappa shape index (κ3) is 5.55. The predicted molar refractivity (Wildman–Crippen MR) is 76.8 cm³/mol. The number of aryl methyl sites for hydroxylation is 1. The summed E-state index contributed by atoms with van der Waals surface area (Å²) in [7, 11) is 1.71. The topological polar surface area (TPSA) is 21.3 Å². The summed E-state index contributed by atoms with van der Waals surface area (Å²) in [6.45, 7) is 4.44. The molecule has 1 N–H and O–H groups in total. The lowest BCUT2D eigenvalue weighted by Crippen LogP contribution is -2.15. The molecule has 96 valence electrons. The first-order valence-electron chi connectivity index (χ1n) is 6.31. The van der Waals surface area contributed by atoms with Crippen molar-refractivity contribution < 1.29 is 4.74 Å². The molecule has 0 aromatic heterocycles. The number of hydrogen-bond donors (Lipinski definition) is 1. The van der Waals surface area contributed by atoms with E-state index in [1.165, 1.54) is 29.3 Å². The van der Waals surface area contributed by atoms with Gasteiger partial charge in [0.2, 0.25) is 0 Å². The summed E-state index contributed by atoms with van der Waals surface area (Å²) in [5.41, 5.74) is 1.33. The first-order chi connectivity index (χ1) is 8.27. The van der Waals surface area contributed by atoms with E-state index in [0.717, 1.165) is 25.3 Å². The zero-order chi connectivity index (χ0) is 12.5. The highest BCUT2D eigenvalue weighted by Gasteiger charge is 2.01. The summed E-state index contributed by atoms with van der Waals surface area (Å²) >= 11 is 3.58. The lowest BCUT2D eigenvalue weighted by Gasteiger charge is -2.07. The molecule has 0 heterocycles. The van der Waals surface area contributed by atoms with Gasteiger partial charge < -0.3 is 10.1 Å². The number of rotatable bonds is 8. The first-order valence-corrected chi connectivity index (χ1v) is 7.10. The third-order valence-electron chi connectivity index (χ3n) is 2.73. The number of unbranched alkanes of at least 4 members (excludes halogenated alkanes) is 1. The summed E-state index contributed by atoms with van der Waals surface area (Å²) in [5.74, 6) is 0.937. The van der Waals surface area contributed by atoms with Gasteiger partial charge in [-0.1, -0.05) is 22.9 Å². The molecular weight excluding hydrogens is 278 g/mol. The Balaban J connectivity index is 2.30. The summed E-state index contributed by atoms with van der Waals surface area (Å²) in [5, 5.41) is 3.42. The number of nitrogens with one attached hydrogen (secondary N) is 1. The van der Waals surface area contributed by atoms with E-state index in [4.69, 9.17) is 4.74 Å². The van der Waals surface area contributed by atoms with Gasteiger partial charge in [0.15, 0.2) is 0 Å². The van der Waals surface area contributed by atoms with E-state index in [1.807, 2.05) is 6.07 Å². The molecule has 0 saturated heterocycles. The van der Waals surface area contributed by atoms with Gasteiger partial charge >= 0.3 is 0 Å². The van der Waals surface area contributed by atoms with Crippen molar-refractivity contribution in [3.05, 3.63) is 28.2 Å². The molecule has 0 aliphatic heterocycles. The molecule has 3 heteroatoms. The van der Waals surface area contributed by atoms with E-state index >= 15 is 0 Å². The summed E-state index contributed by atoms with van der Waals surface area (Å²) in [6.07, 6.45) is 4.75. The van der Waals surface area contributed by atoms with Crippen LogP contribution in [-0.4, -0.2) is 20.2 Å². The van der Waals surface area contributed by atoms with Crippen molar-refractivity contribution in [3.63, 3.8) is 0 Å². The number of halogens is 1. The number of methoxy groups -OCH3 is 1. The minimum atomic E-state index is 0.937. The molecule has 1 aromatic carbocycles. The second kappa shape index (κ2) is 8.54. The number of hydrogen-bond acceptors (Lipinski definition) is 2. The summed E-state index contributed by atoms with van der Waals surface area (Å²) in [6, 6.07) is 6.16. The van der Waals surface area contributed by atoms with Crippen LogP contribution in [0.3, 0.4) is 0 Å². The molecular formula is C14H22BrNO. The van der Waals surface area contributed by atoms with Crippen LogP contribution in [0.1, 0.15) is 31.7 Å². The minimum Gasteiger partial charge on any atom is -0.497 e. The largest absolute Gasteiger partial charge is 0.497 e. The Morgan fingerprint density at radius 1 is 1.24 bits per heavy atom. The summed E-state index contributed by atoms with van der Waals surface area (Å²) < 4.78 is 6.42. The smallest absolute Gasteiger partial charge is 0.119 e. The zero-order valence-corrected chi connectivity index (χ0v) is 12.3. The van der Waals surface area contributed by atoms with Crippen LogP contribution in [-0.2, 0) is 6.42 Å². The van der Waals surface area contributed by atoms with Gasteiger partial charge in [0.1, 0.15) is 5.75 Å². The molecule has 0 saturated carbocycles. The van der Waals surface area contributed by atoms with Crippen LogP contribution in [0, 0.1) is 0 Å². The zero-order valence-electron chi connectivity index (χ0n) is 10.8. The maximum absolute atomic E-state index is 5.24. The Morgan fingerprint density at radius 3 is 2.76 bits per heavy atom. The van der Waals surface area contributed by atoms with E-state index in [1.54, 1.807) is 7.11 Å². The Labute approximate surface area is 113 Å². The molecule has 0 radical (unpaired) electrons. The molecule has 1 aromatic rings. The molecule has 0 aliphatic rings. The minimum absolute atomic E-state index is 0.937. The molecule has 0 aliphatic carbocycles. The van der Waals surface area contributed by atoms with Crippen molar-refractivity contribution in [2.24, 2.45) is 0 Å². The van der Waals surface area contributed by atoms with Gasteiger partial charge in [-0.15, -0.1) is 0 Å². The second-order valence-corrected chi connectivity index (χ2v) is 5.02. The molecule has 2 nitrogen and oxygen atoms in total. The third-order valence-corrected chi connectivity index (χ3v) is 3.50. The van der Waals surface area contributed by atoms with Crippen LogP contribution in [0.15, 0.2) is 22.7 Å². The van der Waals surface area contributed by atoms with Gasteiger partial charge in [0.25, 0.3) is 0 Å². The molecule has 0 amide bonds. The molecule has 1 rings (SSSR count). The van der Waals surface area contributed by atoms with Gasteiger partial charge in [-0.05, 0) is 62.5 Å². The molecule has 0 fully saturated rings. The average Bonchev–Trinajstić information content (AvgIpc) is 2.35. The lowest BCUT2D eigenvalue weighted by molar-refractivity contribution is 0.414. The summed E-state index contributed by atoms with van der Waals surface area (Å²) in [4.78, 5) is 0. The van der Waals surface area contributed by atoms with E-state index in [2.05, 4.69) is 40.3 Å². The molecule has 0 atom stereocenters. The van der Waals surface area contributed by atoms with Gasteiger partial charge in [-0.25, -0.2) is 0 Å². The maximum Gasteiger partial charge on any atom is 0.119 e. The SMILES string of the molecule is CCCNCCCCc1cc(OC)ccc1Br. The predicted octanol–water partition coefficient (Wildman–Crippen LogP) is 3.78. The van der Waals surface area contributed by atoms with E-state index in [-0.39, 0.29) is 0 Å². The van der Waals surface area contributed by atoms with Gasteiger partial charge in [0.05, 0.1) is 7.11 Å². The Morgan fingerprint density at radius 2 is 2.06 bits per heavy atom. The van der Waals surface area contributed by atoms with Crippen molar-refractivity contribution in [1.82, 2.24) is 5.32 Å². The van der Waals surface area contributed by atoms with E-state index in [0.29, 0.717) is 0 Å². The van der Waals surface area contributed by atoms with Crippen LogP contribution in [0.5, 0.6) is 5.75 Å². The monoisotopic (exact) mass is 299 g/mol. The number of benzene rings is 1. The van der Waals surface area contributed by atoms with Crippen molar-refractivity contribution in [2.75, 3.05) is 20.2 Å². The second-order valence-electron chi connectivity index (χ2n) is 4.16. The van der Waals surface area contributed by atoms with Gasteiger partial charge in [-0.3, -0.25) is 0 Å². The van der Waals surface area contributed by atoms with Crippen LogP contribution in [0.4, 0.5) is 0 Å². The lowest BCUT2D eigenvalue weighted by atomic mass is 10.1. The average molecular weight is 300 g/mol. The highest BCUT2D eigenvalue weighted by atomic mass is 79.9. The first kappa shape index (κ1) is 14.5. The molecule has 0 unspecified atom stereocenters. The fourth-order valence-electron chi connectivity index (χ4n) is 1.74. The normalized spacial score (nSPS) is 10.5. The van der Waals surface area contributed by atoms with Gasteiger partial charge in [-0.2, -0.15) is 0 Å². The fraction of sp³-hybridized carbons (Fsp3) is 0.571. The number of ether oxygens (including phenoxy) is 1. The van der Waals surface area contributed by atoms with Crippen molar-refractivity contribution >= 4 is 15.9 Å². The van der Waals surface area contributed by atoms with Crippen molar-refractivity contribution in [2.45, 2.75) is 32.6 Å². The van der Waals surface area contributed by atoms with E-state index in [9.17, 15) is 0 Å². The Bertz CT molecular complexity index is 328. The van der Waals surface area contributed by atoms with Crippen LogP contribution in [0.25, 0.3) is 0 Å². The molecule has 0 bridgehead atoms. The van der Waals surface area contributed by atoms with Crippen LogP contribution < -0.4 is 10.1 Å². The van der Waals surface area contributed by atoms with Gasteiger partial charge in [0, 0.05) is 4.47 Å².